The number of hydrogen-bond donors (Lipinski definition) is 1. The lowest BCUT2D eigenvalue weighted by atomic mass is 9.80. The summed E-state index contributed by atoms with van der Waals surface area (Å²) in [5.74, 6) is 0.280. The van der Waals surface area contributed by atoms with Gasteiger partial charge in [-0.1, -0.05) is 0 Å². The monoisotopic (exact) mass is 302 g/mol. The summed E-state index contributed by atoms with van der Waals surface area (Å²) >= 11 is 1.78. The summed E-state index contributed by atoms with van der Waals surface area (Å²) in [4.78, 5) is 27.1. The van der Waals surface area contributed by atoms with E-state index in [2.05, 4.69) is 13.2 Å². The van der Waals surface area contributed by atoms with Crippen LogP contribution in [0, 0.1) is 5.41 Å². The van der Waals surface area contributed by atoms with Crippen molar-refractivity contribution in [3.63, 3.8) is 0 Å². The van der Waals surface area contributed by atoms with Gasteiger partial charge in [-0.3, -0.25) is 4.79 Å². The zero-order valence-corrected chi connectivity index (χ0v) is 13.7. The first kappa shape index (κ1) is 17.1. The number of nitrogens with zero attached hydrogens (tertiary/aromatic N) is 2. The van der Waals surface area contributed by atoms with E-state index in [1.807, 2.05) is 7.05 Å². The van der Waals surface area contributed by atoms with Gasteiger partial charge < -0.3 is 14.9 Å². The zero-order valence-electron chi connectivity index (χ0n) is 12.9. The third-order valence-electron chi connectivity index (χ3n) is 4.36. The molecule has 1 heterocycles. The summed E-state index contributed by atoms with van der Waals surface area (Å²) in [6.07, 6.45) is 4.10. The van der Waals surface area contributed by atoms with E-state index in [0.29, 0.717) is 25.9 Å². The Kier molecular flexibility index (Phi) is 6.17. The molecule has 0 aromatic rings. The van der Waals surface area contributed by atoms with Gasteiger partial charge in [0.15, 0.2) is 0 Å². The van der Waals surface area contributed by atoms with Crippen LogP contribution in [0.5, 0.6) is 0 Å². The van der Waals surface area contributed by atoms with Crippen molar-refractivity contribution in [3.8, 4) is 0 Å². The van der Waals surface area contributed by atoms with Crippen LogP contribution in [0.4, 0.5) is 4.79 Å². The molecule has 0 bridgehead atoms. The average Bonchev–Trinajstić information content (AvgIpc) is 2.43. The lowest BCUT2D eigenvalue weighted by Crippen LogP contribution is -2.51. The Labute approximate surface area is 125 Å². The molecule has 1 atom stereocenters. The number of rotatable bonds is 5. The highest BCUT2D eigenvalue weighted by Crippen LogP contribution is 2.31. The van der Waals surface area contributed by atoms with Gasteiger partial charge in [0.2, 0.25) is 0 Å². The van der Waals surface area contributed by atoms with E-state index in [4.69, 9.17) is 0 Å². The molecule has 1 aliphatic heterocycles. The maximum absolute atomic E-state index is 12.4. The van der Waals surface area contributed by atoms with E-state index >= 15 is 0 Å². The summed E-state index contributed by atoms with van der Waals surface area (Å²) in [6, 6.07) is 0.230. The van der Waals surface area contributed by atoms with Gasteiger partial charge in [-0.15, -0.1) is 0 Å². The van der Waals surface area contributed by atoms with E-state index in [9.17, 15) is 14.7 Å². The van der Waals surface area contributed by atoms with Crippen LogP contribution < -0.4 is 0 Å². The molecule has 1 fully saturated rings. The fraction of sp³-hybridized carbons (Fsp3) is 0.857. The lowest BCUT2D eigenvalue weighted by molar-refractivity contribution is -0.150. The largest absolute Gasteiger partial charge is 0.481 e. The Bertz CT molecular complexity index is 354. The van der Waals surface area contributed by atoms with Crippen LogP contribution in [-0.2, 0) is 4.79 Å². The fourth-order valence-corrected chi connectivity index (χ4v) is 2.88. The first-order chi connectivity index (χ1) is 9.31. The standard InChI is InChI=1S/C14H26N2O3S/c1-11(5-10-20-4)15(3)13(19)16-8-6-14(2,7-9-16)12(17)18/h11H,5-10H2,1-4H3,(H,17,18). The highest BCUT2D eigenvalue weighted by Gasteiger charge is 2.38. The van der Waals surface area contributed by atoms with Crippen molar-refractivity contribution >= 4 is 23.8 Å². The Morgan fingerprint density at radius 2 is 1.95 bits per heavy atom. The molecule has 6 heteroatoms. The van der Waals surface area contributed by atoms with Gasteiger partial charge in [-0.25, -0.2) is 4.79 Å². The summed E-state index contributed by atoms with van der Waals surface area (Å²) in [5.41, 5.74) is -0.681. The Morgan fingerprint density at radius 1 is 1.40 bits per heavy atom. The smallest absolute Gasteiger partial charge is 0.319 e. The van der Waals surface area contributed by atoms with Gasteiger partial charge in [0, 0.05) is 26.2 Å². The van der Waals surface area contributed by atoms with Crippen molar-refractivity contribution in [3.05, 3.63) is 0 Å². The van der Waals surface area contributed by atoms with Crippen LogP contribution in [0.15, 0.2) is 0 Å². The second kappa shape index (κ2) is 7.20. The number of likely N-dealkylation sites (tertiary alicyclic amines) is 1. The molecule has 1 unspecified atom stereocenters. The van der Waals surface area contributed by atoms with Gasteiger partial charge in [0.05, 0.1) is 5.41 Å². The Balaban J connectivity index is 2.52. The third kappa shape index (κ3) is 4.04. The van der Waals surface area contributed by atoms with Crippen LogP contribution in [0.2, 0.25) is 0 Å². The van der Waals surface area contributed by atoms with Gasteiger partial charge in [0.1, 0.15) is 0 Å². The number of carbonyl (C=O) groups excluding carboxylic acids is 1. The number of amides is 2. The molecule has 0 saturated carbocycles. The molecule has 20 heavy (non-hydrogen) atoms. The zero-order chi connectivity index (χ0) is 15.3. The van der Waals surface area contributed by atoms with E-state index in [-0.39, 0.29) is 12.1 Å². The third-order valence-corrected chi connectivity index (χ3v) is 5.00. The van der Waals surface area contributed by atoms with Crippen molar-refractivity contribution < 1.29 is 14.7 Å². The minimum absolute atomic E-state index is 0.0195. The van der Waals surface area contributed by atoms with Crippen LogP contribution in [0.25, 0.3) is 0 Å². The normalized spacial score (nSPS) is 19.5. The minimum Gasteiger partial charge on any atom is -0.481 e. The van der Waals surface area contributed by atoms with E-state index in [1.165, 1.54) is 0 Å². The van der Waals surface area contributed by atoms with Crippen molar-refractivity contribution in [2.75, 3.05) is 32.1 Å². The summed E-state index contributed by atoms with van der Waals surface area (Å²) < 4.78 is 0. The minimum atomic E-state index is -0.758. The van der Waals surface area contributed by atoms with E-state index < -0.39 is 11.4 Å². The number of aliphatic carboxylic acids is 1. The van der Waals surface area contributed by atoms with Crippen molar-refractivity contribution in [2.45, 2.75) is 39.2 Å². The first-order valence-corrected chi connectivity index (χ1v) is 8.45. The van der Waals surface area contributed by atoms with Crippen LogP contribution >= 0.6 is 11.8 Å². The topological polar surface area (TPSA) is 60.9 Å². The fourth-order valence-electron chi connectivity index (χ4n) is 2.30. The second-order valence-electron chi connectivity index (χ2n) is 5.88. The molecule has 116 valence electrons. The quantitative estimate of drug-likeness (QED) is 0.847. The average molecular weight is 302 g/mol. The predicted molar refractivity (Wildman–Crippen MR) is 82.2 cm³/mol. The molecule has 1 saturated heterocycles. The number of thioether (sulfide) groups is 1. The molecule has 0 radical (unpaired) electrons. The Hall–Kier alpha value is -0.910. The molecule has 5 nitrogen and oxygen atoms in total. The van der Waals surface area contributed by atoms with Crippen LogP contribution in [0.1, 0.15) is 33.1 Å². The second-order valence-corrected chi connectivity index (χ2v) is 6.86. The lowest BCUT2D eigenvalue weighted by Gasteiger charge is -2.39. The molecule has 2 amide bonds. The van der Waals surface area contributed by atoms with E-state index in [0.717, 1.165) is 12.2 Å². The maximum atomic E-state index is 12.4. The molecule has 0 aromatic carbocycles. The van der Waals surface area contributed by atoms with Crippen LogP contribution in [0.3, 0.4) is 0 Å². The number of hydrogen-bond acceptors (Lipinski definition) is 3. The molecule has 1 N–H and O–H groups in total. The molecule has 1 aliphatic rings. The van der Waals surface area contributed by atoms with Crippen molar-refractivity contribution in [2.24, 2.45) is 5.41 Å². The van der Waals surface area contributed by atoms with Gasteiger partial charge in [-0.2, -0.15) is 11.8 Å². The van der Waals surface area contributed by atoms with Crippen molar-refractivity contribution in [1.29, 1.82) is 0 Å². The summed E-state index contributed by atoms with van der Waals surface area (Å²) in [6.45, 7) is 4.88. The molecule has 1 rings (SSSR count). The predicted octanol–water partition coefficient (Wildman–Crippen LogP) is 2.37. The molecule has 0 aromatic heterocycles. The number of urea groups is 1. The number of carboxylic acids is 1. The number of carboxylic acid groups (broad SMARTS) is 1. The summed E-state index contributed by atoms with van der Waals surface area (Å²) in [7, 11) is 1.83. The molecular weight excluding hydrogens is 276 g/mol. The highest BCUT2D eigenvalue weighted by atomic mass is 32.2. The highest BCUT2D eigenvalue weighted by molar-refractivity contribution is 7.98. The first-order valence-electron chi connectivity index (χ1n) is 7.06. The van der Waals surface area contributed by atoms with Crippen LogP contribution in [-0.4, -0.2) is 65.1 Å². The van der Waals surface area contributed by atoms with Gasteiger partial charge in [-0.05, 0) is 45.1 Å². The van der Waals surface area contributed by atoms with E-state index in [1.54, 1.807) is 28.5 Å². The molecule has 0 aliphatic carbocycles. The van der Waals surface area contributed by atoms with Gasteiger partial charge in [0.25, 0.3) is 0 Å². The molecular formula is C14H26N2O3S. The SMILES string of the molecule is CSCCC(C)N(C)C(=O)N1CCC(C)(C(=O)O)CC1. The Morgan fingerprint density at radius 3 is 2.40 bits per heavy atom. The number of carbonyl (C=O) groups is 2. The molecule has 0 spiro atoms. The number of piperidine rings is 1. The maximum Gasteiger partial charge on any atom is 0.319 e. The summed E-state index contributed by atoms with van der Waals surface area (Å²) in [5, 5.41) is 9.20. The van der Waals surface area contributed by atoms with Crippen molar-refractivity contribution in [1.82, 2.24) is 9.80 Å². The van der Waals surface area contributed by atoms with Gasteiger partial charge >= 0.3 is 12.0 Å².